The van der Waals surface area contributed by atoms with E-state index in [1.165, 1.54) is 231 Å². The Morgan fingerprint density at radius 1 is 0.266 bits per heavy atom. The molecule has 0 bridgehead atoms. The number of carbonyl (C=O) groups excluding carboxylic acids is 3. The zero-order valence-electron chi connectivity index (χ0n) is 52.9. The average Bonchev–Trinajstić information content (AvgIpc) is 3.45. The van der Waals surface area contributed by atoms with Crippen molar-refractivity contribution in [1.82, 2.24) is 0 Å². The van der Waals surface area contributed by atoms with E-state index in [1.54, 1.807) is 0 Å². The largest absolute Gasteiger partial charge is 0.462 e. The molecule has 6 nitrogen and oxygen atoms in total. The van der Waals surface area contributed by atoms with Gasteiger partial charge in [-0.3, -0.25) is 14.4 Å². The van der Waals surface area contributed by atoms with Crippen molar-refractivity contribution in [3.05, 3.63) is 60.8 Å². The number of hydrogen-bond donors (Lipinski definition) is 0. The number of hydrogen-bond acceptors (Lipinski definition) is 6. The first-order chi connectivity index (χ1) is 39.0. The molecule has 0 N–H and O–H groups in total. The Labute approximate surface area is 491 Å². The zero-order valence-corrected chi connectivity index (χ0v) is 52.9. The molecule has 0 saturated carbocycles. The minimum Gasteiger partial charge on any atom is -0.462 e. The van der Waals surface area contributed by atoms with Gasteiger partial charge in [-0.15, -0.1) is 0 Å². The number of unbranched alkanes of at least 4 members (excludes halogenated alkanes) is 43. The lowest BCUT2D eigenvalue weighted by Crippen LogP contribution is -2.30. The molecule has 0 aromatic rings. The van der Waals surface area contributed by atoms with Crippen molar-refractivity contribution in [2.24, 2.45) is 0 Å². The monoisotopic (exact) mass is 1110 g/mol. The molecule has 1 atom stereocenters. The van der Waals surface area contributed by atoms with Crippen molar-refractivity contribution in [1.29, 1.82) is 0 Å². The Bertz CT molecular complexity index is 1410. The van der Waals surface area contributed by atoms with Crippen LogP contribution in [0.2, 0.25) is 0 Å². The van der Waals surface area contributed by atoms with Crippen LogP contribution in [0.5, 0.6) is 0 Å². The van der Waals surface area contributed by atoms with Gasteiger partial charge in [-0.1, -0.05) is 345 Å². The summed E-state index contributed by atoms with van der Waals surface area (Å²) in [6.07, 6.45) is 87.3. The highest BCUT2D eigenvalue weighted by Crippen LogP contribution is 2.19. The molecular formula is C73H132O6. The normalized spacial score (nSPS) is 12.4. The molecule has 0 aliphatic heterocycles. The van der Waals surface area contributed by atoms with E-state index < -0.39 is 6.10 Å². The van der Waals surface area contributed by atoms with Crippen molar-refractivity contribution < 1.29 is 28.6 Å². The van der Waals surface area contributed by atoms with Crippen molar-refractivity contribution in [3.63, 3.8) is 0 Å². The van der Waals surface area contributed by atoms with Crippen LogP contribution in [0.4, 0.5) is 0 Å². The first-order valence-electron chi connectivity index (χ1n) is 34.8. The molecular weight excluding hydrogens is 973 g/mol. The molecule has 0 rings (SSSR count). The molecule has 0 aliphatic rings. The molecule has 0 aromatic carbocycles. The van der Waals surface area contributed by atoms with Crippen molar-refractivity contribution in [3.8, 4) is 0 Å². The number of allylic oxidation sites excluding steroid dienone is 10. The molecule has 0 radical (unpaired) electrons. The van der Waals surface area contributed by atoms with Gasteiger partial charge in [-0.25, -0.2) is 0 Å². The summed E-state index contributed by atoms with van der Waals surface area (Å²) in [4.78, 5) is 38.1. The Hall–Kier alpha value is -2.89. The summed E-state index contributed by atoms with van der Waals surface area (Å²) in [7, 11) is 0. The number of carbonyl (C=O) groups is 3. The van der Waals surface area contributed by atoms with Crippen molar-refractivity contribution >= 4 is 17.9 Å². The Morgan fingerprint density at radius 2 is 0.494 bits per heavy atom. The van der Waals surface area contributed by atoms with E-state index in [1.807, 2.05) is 0 Å². The molecule has 6 heteroatoms. The van der Waals surface area contributed by atoms with Gasteiger partial charge in [0.1, 0.15) is 13.2 Å². The third-order valence-corrected chi connectivity index (χ3v) is 15.5. The van der Waals surface area contributed by atoms with E-state index in [2.05, 4.69) is 81.5 Å². The van der Waals surface area contributed by atoms with Gasteiger partial charge in [-0.05, 0) is 64.2 Å². The molecule has 0 spiro atoms. The topological polar surface area (TPSA) is 78.9 Å². The minimum absolute atomic E-state index is 0.0843. The lowest BCUT2D eigenvalue weighted by molar-refractivity contribution is -0.167. The molecule has 79 heavy (non-hydrogen) atoms. The van der Waals surface area contributed by atoms with E-state index in [0.717, 1.165) is 96.3 Å². The third kappa shape index (κ3) is 65.8. The molecule has 0 saturated heterocycles. The molecule has 1 unspecified atom stereocenters. The first-order valence-corrected chi connectivity index (χ1v) is 34.8. The molecule has 0 heterocycles. The van der Waals surface area contributed by atoms with Gasteiger partial charge in [-0.2, -0.15) is 0 Å². The van der Waals surface area contributed by atoms with Crippen LogP contribution < -0.4 is 0 Å². The average molecular weight is 1110 g/mol. The summed E-state index contributed by atoms with van der Waals surface area (Å²) in [6.45, 7) is 6.50. The maximum absolute atomic E-state index is 12.8. The maximum atomic E-state index is 12.8. The van der Waals surface area contributed by atoms with Gasteiger partial charge >= 0.3 is 17.9 Å². The fourth-order valence-electron chi connectivity index (χ4n) is 10.4. The van der Waals surface area contributed by atoms with Crippen LogP contribution in [-0.2, 0) is 28.6 Å². The minimum atomic E-state index is -0.788. The number of ether oxygens (including phenoxy) is 3. The Kier molecular flexibility index (Phi) is 65.1. The summed E-state index contributed by atoms with van der Waals surface area (Å²) in [5.74, 6) is -0.907. The SMILES string of the molecule is CC/C=C\C/C=C\C/C=C\C/C=C\C/C=C\CCCCCC(=O)OC(COC(=O)CCCCCCCCC)COC(=O)CCCCCCCCCCCCCCCCCCCCCCCCCCCCCCCCCCCCC. The summed E-state index contributed by atoms with van der Waals surface area (Å²) >= 11 is 0. The summed E-state index contributed by atoms with van der Waals surface area (Å²) in [5.41, 5.74) is 0. The van der Waals surface area contributed by atoms with E-state index >= 15 is 0 Å². The maximum Gasteiger partial charge on any atom is 0.306 e. The molecule has 0 fully saturated rings. The Balaban J connectivity index is 3.97. The van der Waals surface area contributed by atoms with E-state index in [-0.39, 0.29) is 31.1 Å². The van der Waals surface area contributed by atoms with Crippen molar-refractivity contribution in [2.45, 2.75) is 374 Å². The third-order valence-electron chi connectivity index (χ3n) is 15.5. The summed E-state index contributed by atoms with van der Waals surface area (Å²) in [6, 6.07) is 0. The summed E-state index contributed by atoms with van der Waals surface area (Å²) < 4.78 is 16.8. The van der Waals surface area contributed by atoms with Gasteiger partial charge in [0.2, 0.25) is 0 Å². The highest BCUT2D eigenvalue weighted by atomic mass is 16.6. The number of rotatable bonds is 64. The lowest BCUT2D eigenvalue weighted by atomic mass is 10.0. The van der Waals surface area contributed by atoms with E-state index in [4.69, 9.17) is 14.2 Å². The quantitative estimate of drug-likeness (QED) is 0.0261. The van der Waals surface area contributed by atoms with Gasteiger partial charge in [0, 0.05) is 19.3 Å². The molecule has 0 amide bonds. The van der Waals surface area contributed by atoms with Crippen LogP contribution >= 0.6 is 0 Å². The zero-order chi connectivity index (χ0) is 57.1. The standard InChI is InChI=1S/C73H132O6/c1-4-7-10-13-16-18-20-22-24-26-28-29-30-31-32-33-34-35-36-37-38-39-40-41-42-43-45-46-48-50-52-54-57-60-63-66-72(75)78-69-70(68-77-71(74)65-62-59-56-15-12-9-6-3)79-73(76)67-64-61-58-55-53-51-49-47-44-27-25-23-21-19-17-14-11-8-5-2/h8,11,17,19,23,25,44,47,51,53,70H,4-7,9-10,12-16,18,20-22,24,26-43,45-46,48-50,52,54-69H2,1-3H3/b11-8-,19-17-,25-23-,47-44-,53-51-. The van der Waals surface area contributed by atoms with Gasteiger partial charge < -0.3 is 14.2 Å². The van der Waals surface area contributed by atoms with Gasteiger partial charge in [0.05, 0.1) is 0 Å². The smallest absolute Gasteiger partial charge is 0.306 e. The second-order valence-electron chi connectivity index (χ2n) is 23.4. The predicted octanol–water partition coefficient (Wildman–Crippen LogP) is 23.9. The fraction of sp³-hybridized carbons (Fsp3) is 0.822. The van der Waals surface area contributed by atoms with Crippen molar-refractivity contribution in [2.75, 3.05) is 13.2 Å². The van der Waals surface area contributed by atoms with Gasteiger partial charge in [0.25, 0.3) is 0 Å². The van der Waals surface area contributed by atoms with Crippen LogP contribution in [0.3, 0.4) is 0 Å². The van der Waals surface area contributed by atoms with Crippen LogP contribution in [0.25, 0.3) is 0 Å². The van der Waals surface area contributed by atoms with Gasteiger partial charge in [0.15, 0.2) is 6.10 Å². The second-order valence-corrected chi connectivity index (χ2v) is 23.4. The summed E-state index contributed by atoms with van der Waals surface area (Å²) in [5, 5.41) is 0. The van der Waals surface area contributed by atoms with Crippen LogP contribution in [0, 0.1) is 0 Å². The highest BCUT2D eigenvalue weighted by Gasteiger charge is 2.19. The lowest BCUT2D eigenvalue weighted by Gasteiger charge is -2.18. The van der Waals surface area contributed by atoms with Crippen LogP contribution in [0.15, 0.2) is 60.8 Å². The predicted molar refractivity (Wildman–Crippen MR) is 344 cm³/mol. The van der Waals surface area contributed by atoms with E-state index in [0.29, 0.717) is 19.3 Å². The Morgan fingerprint density at radius 3 is 0.772 bits per heavy atom. The molecule has 0 aliphatic carbocycles. The first kappa shape index (κ1) is 76.1. The fourth-order valence-corrected chi connectivity index (χ4v) is 10.4. The molecule has 0 aromatic heterocycles. The van der Waals surface area contributed by atoms with Crippen LogP contribution in [0.1, 0.15) is 367 Å². The van der Waals surface area contributed by atoms with Crippen LogP contribution in [-0.4, -0.2) is 37.2 Å². The highest BCUT2D eigenvalue weighted by molar-refractivity contribution is 5.71. The van der Waals surface area contributed by atoms with E-state index in [9.17, 15) is 14.4 Å². The second kappa shape index (κ2) is 67.6. The number of esters is 3. The molecule has 460 valence electrons.